The molecule has 0 saturated heterocycles. The van der Waals surface area contributed by atoms with Gasteiger partial charge in [0.1, 0.15) is 5.69 Å². The van der Waals surface area contributed by atoms with Crippen LogP contribution in [0.1, 0.15) is 49.0 Å². The highest BCUT2D eigenvalue weighted by Crippen LogP contribution is 2.25. The van der Waals surface area contributed by atoms with E-state index in [-0.39, 0.29) is 5.91 Å². The van der Waals surface area contributed by atoms with Gasteiger partial charge in [-0.1, -0.05) is 32.1 Å². The van der Waals surface area contributed by atoms with Crippen molar-refractivity contribution >= 4 is 11.6 Å². The molecule has 0 atom stereocenters. The van der Waals surface area contributed by atoms with Gasteiger partial charge >= 0.3 is 0 Å². The van der Waals surface area contributed by atoms with E-state index >= 15 is 0 Å². The van der Waals surface area contributed by atoms with E-state index in [1.54, 1.807) is 12.3 Å². The topological polar surface area (TPSA) is 54.0 Å². The third-order valence-electron chi connectivity index (χ3n) is 3.85. The predicted molar refractivity (Wildman–Crippen MR) is 77.3 cm³/mol. The van der Waals surface area contributed by atoms with E-state index in [1.807, 2.05) is 13.1 Å². The summed E-state index contributed by atoms with van der Waals surface area (Å²) in [5, 5.41) is 5.95. The van der Waals surface area contributed by atoms with Crippen molar-refractivity contribution < 1.29 is 4.79 Å². The molecule has 0 unspecified atom stereocenters. The van der Waals surface area contributed by atoms with Gasteiger partial charge in [0, 0.05) is 13.6 Å². The number of nitrogens with zero attached hydrogens (tertiary/aromatic N) is 1. The molecule has 19 heavy (non-hydrogen) atoms. The number of carbonyl (C=O) groups is 1. The molecule has 0 bridgehead atoms. The van der Waals surface area contributed by atoms with Gasteiger partial charge in [0.2, 0.25) is 0 Å². The number of nitrogens with one attached hydrogen (secondary N) is 2. The number of hydrogen-bond acceptors (Lipinski definition) is 3. The van der Waals surface area contributed by atoms with Crippen molar-refractivity contribution in [2.45, 2.75) is 38.5 Å². The highest BCUT2D eigenvalue weighted by atomic mass is 16.1. The van der Waals surface area contributed by atoms with Crippen LogP contribution in [0.4, 0.5) is 5.69 Å². The normalized spacial score (nSPS) is 16.1. The number of anilines is 1. The van der Waals surface area contributed by atoms with E-state index in [4.69, 9.17) is 0 Å². The van der Waals surface area contributed by atoms with Crippen LogP contribution in [-0.2, 0) is 0 Å². The van der Waals surface area contributed by atoms with Crippen LogP contribution in [0.2, 0.25) is 0 Å². The summed E-state index contributed by atoms with van der Waals surface area (Å²) in [4.78, 5) is 16.0. The fraction of sp³-hybridized carbons (Fsp3) is 0.600. The van der Waals surface area contributed by atoms with E-state index < -0.39 is 0 Å². The summed E-state index contributed by atoms with van der Waals surface area (Å²) in [7, 11) is 1.83. The Labute approximate surface area is 115 Å². The quantitative estimate of drug-likeness (QED) is 0.857. The Balaban J connectivity index is 1.73. The SMILES string of the molecule is CNc1ccc(C(=O)NCCC2CCCCC2)nc1. The van der Waals surface area contributed by atoms with Crippen molar-refractivity contribution in [3.8, 4) is 0 Å². The summed E-state index contributed by atoms with van der Waals surface area (Å²) in [5.41, 5.74) is 1.40. The molecule has 1 aliphatic rings. The summed E-state index contributed by atoms with van der Waals surface area (Å²) < 4.78 is 0. The third-order valence-corrected chi connectivity index (χ3v) is 3.85. The lowest BCUT2D eigenvalue weighted by molar-refractivity contribution is 0.0945. The Kier molecular flexibility index (Phi) is 5.19. The molecule has 1 aromatic rings. The van der Waals surface area contributed by atoms with Crippen molar-refractivity contribution in [2.24, 2.45) is 5.92 Å². The minimum Gasteiger partial charge on any atom is -0.387 e. The number of hydrogen-bond donors (Lipinski definition) is 2. The van der Waals surface area contributed by atoms with Crippen LogP contribution >= 0.6 is 0 Å². The number of carbonyl (C=O) groups excluding carboxylic acids is 1. The van der Waals surface area contributed by atoms with Crippen molar-refractivity contribution in [3.63, 3.8) is 0 Å². The molecule has 0 aromatic carbocycles. The zero-order valence-corrected chi connectivity index (χ0v) is 11.6. The highest BCUT2D eigenvalue weighted by Gasteiger charge is 2.13. The maximum atomic E-state index is 11.9. The van der Waals surface area contributed by atoms with E-state index in [1.165, 1.54) is 32.1 Å². The van der Waals surface area contributed by atoms with Gasteiger partial charge in [0.15, 0.2) is 0 Å². The molecule has 2 N–H and O–H groups in total. The van der Waals surface area contributed by atoms with E-state index in [0.717, 1.165) is 24.6 Å². The monoisotopic (exact) mass is 261 g/mol. The average molecular weight is 261 g/mol. The van der Waals surface area contributed by atoms with Crippen LogP contribution in [0.25, 0.3) is 0 Å². The van der Waals surface area contributed by atoms with Crippen LogP contribution in [0.5, 0.6) is 0 Å². The Bertz CT molecular complexity index is 396. The molecule has 0 radical (unpaired) electrons. The van der Waals surface area contributed by atoms with Gasteiger partial charge in [0.05, 0.1) is 11.9 Å². The Morgan fingerprint density at radius 2 is 2.11 bits per heavy atom. The van der Waals surface area contributed by atoms with Gasteiger partial charge in [-0.15, -0.1) is 0 Å². The minimum atomic E-state index is -0.0709. The van der Waals surface area contributed by atoms with Crippen molar-refractivity contribution in [1.29, 1.82) is 0 Å². The van der Waals surface area contributed by atoms with Gasteiger partial charge in [-0.05, 0) is 24.5 Å². The molecule has 2 rings (SSSR count). The molecule has 1 saturated carbocycles. The zero-order chi connectivity index (χ0) is 13.5. The van der Waals surface area contributed by atoms with Gasteiger partial charge < -0.3 is 10.6 Å². The van der Waals surface area contributed by atoms with E-state index in [9.17, 15) is 4.79 Å². The van der Waals surface area contributed by atoms with Gasteiger partial charge in [-0.2, -0.15) is 0 Å². The molecule has 1 aliphatic carbocycles. The van der Waals surface area contributed by atoms with Crippen LogP contribution in [0, 0.1) is 5.92 Å². The molecular formula is C15H23N3O. The number of pyridine rings is 1. The molecule has 104 valence electrons. The Morgan fingerprint density at radius 1 is 1.32 bits per heavy atom. The van der Waals surface area contributed by atoms with Gasteiger partial charge in [-0.25, -0.2) is 4.98 Å². The van der Waals surface area contributed by atoms with Crippen LogP contribution < -0.4 is 10.6 Å². The second-order valence-electron chi connectivity index (χ2n) is 5.23. The zero-order valence-electron chi connectivity index (χ0n) is 11.6. The minimum absolute atomic E-state index is 0.0709. The first kappa shape index (κ1) is 13.8. The summed E-state index contributed by atoms with van der Waals surface area (Å²) in [6.07, 6.45) is 9.51. The molecule has 1 amide bonds. The van der Waals surface area contributed by atoms with Crippen LogP contribution in [0.3, 0.4) is 0 Å². The van der Waals surface area contributed by atoms with Gasteiger partial charge in [0.25, 0.3) is 5.91 Å². The predicted octanol–water partition coefficient (Wildman–Crippen LogP) is 2.82. The molecule has 4 heteroatoms. The molecule has 0 aliphatic heterocycles. The molecule has 4 nitrogen and oxygen atoms in total. The second kappa shape index (κ2) is 7.12. The largest absolute Gasteiger partial charge is 0.387 e. The van der Waals surface area contributed by atoms with Crippen LogP contribution in [0.15, 0.2) is 18.3 Å². The summed E-state index contributed by atoms with van der Waals surface area (Å²) in [6, 6.07) is 3.62. The first-order valence-corrected chi connectivity index (χ1v) is 7.21. The molecule has 1 aromatic heterocycles. The lowest BCUT2D eigenvalue weighted by Crippen LogP contribution is -2.27. The summed E-state index contributed by atoms with van der Waals surface area (Å²) >= 11 is 0. The van der Waals surface area contributed by atoms with E-state index in [2.05, 4.69) is 15.6 Å². The van der Waals surface area contributed by atoms with E-state index in [0.29, 0.717) is 5.69 Å². The van der Waals surface area contributed by atoms with Crippen molar-refractivity contribution in [1.82, 2.24) is 10.3 Å². The van der Waals surface area contributed by atoms with Crippen LogP contribution in [-0.4, -0.2) is 24.5 Å². The Hall–Kier alpha value is -1.58. The summed E-state index contributed by atoms with van der Waals surface area (Å²) in [6.45, 7) is 0.763. The average Bonchev–Trinajstić information content (AvgIpc) is 2.48. The fourth-order valence-electron chi connectivity index (χ4n) is 2.63. The standard InChI is InChI=1S/C15H23N3O/c1-16-13-7-8-14(18-11-13)15(19)17-10-9-12-5-3-2-4-6-12/h7-8,11-12,16H,2-6,9-10H2,1H3,(H,17,19). The first-order valence-electron chi connectivity index (χ1n) is 7.21. The lowest BCUT2D eigenvalue weighted by Gasteiger charge is -2.21. The van der Waals surface area contributed by atoms with Crippen molar-refractivity contribution in [3.05, 3.63) is 24.0 Å². The first-order chi connectivity index (χ1) is 9.29. The summed E-state index contributed by atoms with van der Waals surface area (Å²) in [5.74, 6) is 0.729. The Morgan fingerprint density at radius 3 is 2.74 bits per heavy atom. The number of aromatic nitrogens is 1. The fourth-order valence-corrected chi connectivity index (χ4v) is 2.63. The maximum Gasteiger partial charge on any atom is 0.269 e. The smallest absolute Gasteiger partial charge is 0.269 e. The molecule has 1 heterocycles. The molecular weight excluding hydrogens is 238 g/mol. The molecule has 1 fully saturated rings. The highest BCUT2D eigenvalue weighted by molar-refractivity contribution is 5.92. The second-order valence-corrected chi connectivity index (χ2v) is 5.23. The molecule has 0 spiro atoms. The number of rotatable bonds is 5. The number of amides is 1. The van der Waals surface area contributed by atoms with Gasteiger partial charge in [-0.3, -0.25) is 4.79 Å². The lowest BCUT2D eigenvalue weighted by atomic mass is 9.87. The third kappa shape index (κ3) is 4.23. The maximum absolute atomic E-state index is 11.9. The van der Waals surface area contributed by atoms with Crippen molar-refractivity contribution in [2.75, 3.05) is 18.9 Å².